The lowest BCUT2D eigenvalue weighted by Gasteiger charge is -2.37. The predicted molar refractivity (Wildman–Crippen MR) is 85.1 cm³/mol. The highest BCUT2D eigenvalue weighted by atomic mass is 15.2. The van der Waals surface area contributed by atoms with Crippen LogP contribution in [0.15, 0.2) is 0 Å². The minimum absolute atomic E-state index is 0.670. The first-order valence-electron chi connectivity index (χ1n) is 9.05. The van der Waals surface area contributed by atoms with E-state index < -0.39 is 0 Å². The molecule has 3 aliphatic heterocycles. The van der Waals surface area contributed by atoms with Crippen molar-refractivity contribution >= 4 is 0 Å². The van der Waals surface area contributed by atoms with E-state index in [1.807, 2.05) is 0 Å². The second-order valence-corrected chi connectivity index (χ2v) is 7.36. The molecule has 4 atom stereocenters. The topological polar surface area (TPSA) is 27.3 Å². The van der Waals surface area contributed by atoms with Crippen molar-refractivity contribution in [2.45, 2.75) is 88.9 Å². The largest absolute Gasteiger partial charge is 0.314 e. The van der Waals surface area contributed by atoms with E-state index >= 15 is 0 Å². The number of nitrogens with one attached hydrogen (secondary N) is 2. The number of hydrogen-bond donors (Lipinski definition) is 2. The fourth-order valence-corrected chi connectivity index (χ4v) is 4.57. The molecule has 116 valence electrons. The molecule has 0 aromatic heterocycles. The maximum absolute atomic E-state index is 3.93. The van der Waals surface area contributed by atoms with Crippen LogP contribution < -0.4 is 10.6 Å². The van der Waals surface area contributed by atoms with Crippen molar-refractivity contribution in [1.29, 1.82) is 0 Å². The molecule has 3 heteroatoms. The second-order valence-electron chi connectivity index (χ2n) is 7.36. The van der Waals surface area contributed by atoms with Gasteiger partial charge in [0.05, 0.1) is 0 Å². The lowest BCUT2D eigenvalue weighted by Crippen LogP contribution is -2.49. The SMILES string of the molecule is CC(CC1CCCCCN1)NC1CCN2CCCC2C1. The third kappa shape index (κ3) is 3.96. The summed E-state index contributed by atoms with van der Waals surface area (Å²) in [5.41, 5.74) is 0. The Balaban J connectivity index is 1.40. The molecule has 0 amide bonds. The van der Waals surface area contributed by atoms with Crippen molar-refractivity contribution in [2.75, 3.05) is 19.6 Å². The standard InChI is InChI=1S/C17H33N3/c1-14(12-15-6-3-2-4-9-18-15)19-16-8-11-20-10-5-7-17(20)13-16/h14-19H,2-13H2,1H3. The summed E-state index contributed by atoms with van der Waals surface area (Å²) in [4.78, 5) is 2.72. The molecule has 3 nitrogen and oxygen atoms in total. The zero-order chi connectivity index (χ0) is 13.8. The summed E-state index contributed by atoms with van der Waals surface area (Å²) >= 11 is 0. The van der Waals surface area contributed by atoms with Crippen molar-refractivity contribution in [3.63, 3.8) is 0 Å². The number of hydrogen-bond acceptors (Lipinski definition) is 3. The smallest absolute Gasteiger partial charge is 0.0111 e. The predicted octanol–water partition coefficient (Wildman–Crippen LogP) is 2.51. The van der Waals surface area contributed by atoms with Gasteiger partial charge in [0.2, 0.25) is 0 Å². The van der Waals surface area contributed by atoms with Crippen LogP contribution in [0.3, 0.4) is 0 Å². The van der Waals surface area contributed by atoms with Crippen molar-refractivity contribution in [3.05, 3.63) is 0 Å². The van der Waals surface area contributed by atoms with Gasteiger partial charge < -0.3 is 15.5 Å². The third-order valence-electron chi connectivity index (χ3n) is 5.64. The Kier molecular flexibility index (Phi) is 5.36. The number of fused-ring (bicyclic) bond motifs is 1. The maximum Gasteiger partial charge on any atom is 0.0111 e. The van der Waals surface area contributed by atoms with Gasteiger partial charge in [-0.2, -0.15) is 0 Å². The van der Waals surface area contributed by atoms with E-state index in [2.05, 4.69) is 22.5 Å². The summed E-state index contributed by atoms with van der Waals surface area (Å²) in [6.07, 6.45) is 12.5. The fourth-order valence-electron chi connectivity index (χ4n) is 4.57. The van der Waals surface area contributed by atoms with Gasteiger partial charge >= 0.3 is 0 Å². The quantitative estimate of drug-likeness (QED) is 0.828. The first-order valence-corrected chi connectivity index (χ1v) is 9.05. The minimum Gasteiger partial charge on any atom is -0.314 e. The summed E-state index contributed by atoms with van der Waals surface area (Å²) in [5, 5.41) is 7.67. The van der Waals surface area contributed by atoms with Gasteiger partial charge in [0, 0.05) is 24.2 Å². The first kappa shape index (κ1) is 14.8. The molecule has 2 N–H and O–H groups in total. The zero-order valence-corrected chi connectivity index (χ0v) is 13.2. The first-order chi connectivity index (χ1) is 9.81. The highest BCUT2D eigenvalue weighted by Gasteiger charge is 2.32. The number of nitrogens with zero attached hydrogens (tertiary/aromatic N) is 1. The molecule has 3 aliphatic rings. The van der Waals surface area contributed by atoms with E-state index in [1.54, 1.807) is 0 Å². The van der Waals surface area contributed by atoms with Gasteiger partial charge in [-0.1, -0.05) is 12.8 Å². The maximum atomic E-state index is 3.93. The summed E-state index contributed by atoms with van der Waals surface area (Å²) in [5.74, 6) is 0. The van der Waals surface area contributed by atoms with Crippen molar-refractivity contribution in [1.82, 2.24) is 15.5 Å². The summed E-state index contributed by atoms with van der Waals surface area (Å²) in [6.45, 7) is 6.32. The fraction of sp³-hybridized carbons (Fsp3) is 1.00. The summed E-state index contributed by atoms with van der Waals surface area (Å²) in [6, 6.07) is 3.09. The van der Waals surface area contributed by atoms with Crippen LogP contribution in [0.25, 0.3) is 0 Å². The van der Waals surface area contributed by atoms with Gasteiger partial charge in [0.1, 0.15) is 0 Å². The van der Waals surface area contributed by atoms with E-state index in [4.69, 9.17) is 0 Å². The van der Waals surface area contributed by atoms with Crippen LogP contribution in [0.4, 0.5) is 0 Å². The summed E-state index contributed by atoms with van der Waals surface area (Å²) in [7, 11) is 0. The highest BCUT2D eigenvalue weighted by molar-refractivity contribution is 4.90. The Morgan fingerprint density at radius 2 is 2.05 bits per heavy atom. The van der Waals surface area contributed by atoms with Gasteiger partial charge in [-0.05, 0) is 71.5 Å². The van der Waals surface area contributed by atoms with Crippen LogP contribution in [-0.4, -0.2) is 48.7 Å². The van der Waals surface area contributed by atoms with Crippen molar-refractivity contribution < 1.29 is 0 Å². The molecule has 0 aliphatic carbocycles. The third-order valence-corrected chi connectivity index (χ3v) is 5.64. The Hall–Kier alpha value is -0.120. The van der Waals surface area contributed by atoms with Crippen LogP contribution in [0, 0.1) is 0 Å². The Bertz CT molecular complexity index is 286. The normalized spacial score (nSPS) is 37.4. The molecule has 0 aromatic rings. The molecular formula is C17H33N3. The van der Waals surface area contributed by atoms with Crippen molar-refractivity contribution in [2.24, 2.45) is 0 Å². The molecule has 0 spiro atoms. The molecule has 0 bridgehead atoms. The average Bonchev–Trinajstić information content (AvgIpc) is 2.75. The van der Waals surface area contributed by atoms with E-state index in [1.165, 1.54) is 77.4 Å². The van der Waals surface area contributed by atoms with E-state index in [9.17, 15) is 0 Å². The molecule has 4 unspecified atom stereocenters. The van der Waals surface area contributed by atoms with Crippen LogP contribution in [0.2, 0.25) is 0 Å². The van der Waals surface area contributed by atoms with Crippen molar-refractivity contribution in [3.8, 4) is 0 Å². The monoisotopic (exact) mass is 279 g/mol. The van der Waals surface area contributed by atoms with Gasteiger partial charge in [0.15, 0.2) is 0 Å². The summed E-state index contributed by atoms with van der Waals surface area (Å²) < 4.78 is 0. The van der Waals surface area contributed by atoms with Gasteiger partial charge in [-0.15, -0.1) is 0 Å². The molecule has 3 fully saturated rings. The number of piperidine rings is 1. The minimum atomic E-state index is 0.670. The molecule has 3 rings (SSSR count). The molecule has 3 saturated heterocycles. The lowest BCUT2D eigenvalue weighted by molar-refractivity contribution is 0.160. The Morgan fingerprint density at radius 3 is 3.00 bits per heavy atom. The molecule has 0 saturated carbocycles. The molecular weight excluding hydrogens is 246 g/mol. The molecule has 3 heterocycles. The van der Waals surface area contributed by atoms with E-state index in [0.717, 1.165) is 18.1 Å². The molecule has 20 heavy (non-hydrogen) atoms. The Morgan fingerprint density at radius 1 is 1.10 bits per heavy atom. The lowest BCUT2D eigenvalue weighted by atomic mass is 9.95. The van der Waals surface area contributed by atoms with Crippen LogP contribution >= 0.6 is 0 Å². The highest BCUT2D eigenvalue weighted by Crippen LogP contribution is 2.27. The van der Waals surface area contributed by atoms with E-state index in [-0.39, 0.29) is 0 Å². The second kappa shape index (κ2) is 7.24. The van der Waals surface area contributed by atoms with E-state index in [0.29, 0.717) is 6.04 Å². The van der Waals surface area contributed by atoms with Crippen LogP contribution in [0.1, 0.15) is 64.7 Å². The van der Waals surface area contributed by atoms with Gasteiger partial charge in [0.25, 0.3) is 0 Å². The van der Waals surface area contributed by atoms with Crippen LogP contribution in [0.5, 0.6) is 0 Å². The average molecular weight is 279 g/mol. The molecule has 0 aromatic carbocycles. The Labute approximate surface area is 124 Å². The van der Waals surface area contributed by atoms with Gasteiger partial charge in [-0.25, -0.2) is 0 Å². The molecule has 0 radical (unpaired) electrons. The van der Waals surface area contributed by atoms with Gasteiger partial charge in [-0.3, -0.25) is 0 Å². The number of rotatable bonds is 4. The van der Waals surface area contributed by atoms with Crippen LogP contribution in [-0.2, 0) is 0 Å². The zero-order valence-electron chi connectivity index (χ0n) is 13.2.